The highest BCUT2D eigenvalue weighted by Gasteiger charge is 2.32. The molecule has 2 fully saturated rings. The molecular formula is C22H25N3O4S. The van der Waals surface area contributed by atoms with Crippen molar-refractivity contribution in [3.8, 4) is 0 Å². The van der Waals surface area contributed by atoms with Crippen LogP contribution in [0.25, 0.3) is 0 Å². The summed E-state index contributed by atoms with van der Waals surface area (Å²) < 4.78 is 27.6. The standard InChI is InChI=1S/C22H25N3O4S/c26-21(23-18-10-11-18)17-5-4-14-25(15-17)22(27)16-8-12-20(13-9-16)30(28,29)24-19-6-2-1-3-7-19/h1-3,6-9,12-13,17-18,24H,4-5,10-11,14-15H2,(H,23,26). The van der Waals surface area contributed by atoms with Crippen molar-refractivity contribution in [3.05, 3.63) is 60.2 Å². The number of sulfonamides is 1. The van der Waals surface area contributed by atoms with E-state index in [4.69, 9.17) is 0 Å². The zero-order valence-corrected chi connectivity index (χ0v) is 17.4. The third kappa shape index (κ3) is 4.81. The van der Waals surface area contributed by atoms with Gasteiger partial charge in [0.05, 0.1) is 10.8 Å². The number of amides is 2. The normalized spacial score (nSPS) is 19.2. The Morgan fingerprint density at radius 2 is 1.63 bits per heavy atom. The van der Waals surface area contributed by atoms with Crippen LogP contribution < -0.4 is 10.0 Å². The lowest BCUT2D eigenvalue weighted by Crippen LogP contribution is -2.45. The Hall–Kier alpha value is -2.87. The number of nitrogens with one attached hydrogen (secondary N) is 2. The summed E-state index contributed by atoms with van der Waals surface area (Å²) in [7, 11) is -3.73. The highest BCUT2D eigenvalue weighted by molar-refractivity contribution is 7.92. The van der Waals surface area contributed by atoms with Gasteiger partial charge in [0, 0.05) is 30.4 Å². The summed E-state index contributed by atoms with van der Waals surface area (Å²) in [5.74, 6) is -0.333. The summed E-state index contributed by atoms with van der Waals surface area (Å²) in [6.45, 7) is 0.995. The van der Waals surface area contributed by atoms with Crippen molar-refractivity contribution >= 4 is 27.5 Å². The molecule has 1 unspecified atom stereocenters. The van der Waals surface area contributed by atoms with E-state index in [0.717, 1.165) is 25.7 Å². The van der Waals surface area contributed by atoms with Crippen LogP contribution >= 0.6 is 0 Å². The van der Waals surface area contributed by atoms with Gasteiger partial charge in [-0.25, -0.2) is 8.42 Å². The van der Waals surface area contributed by atoms with E-state index in [1.807, 2.05) is 0 Å². The van der Waals surface area contributed by atoms with Gasteiger partial charge in [-0.05, 0) is 62.1 Å². The highest BCUT2D eigenvalue weighted by Crippen LogP contribution is 2.23. The molecule has 2 aliphatic rings. The van der Waals surface area contributed by atoms with Gasteiger partial charge < -0.3 is 10.2 Å². The Kier molecular flexibility index (Phi) is 5.76. The van der Waals surface area contributed by atoms with Gasteiger partial charge in [-0.1, -0.05) is 18.2 Å². The van der Waals surface area contributed by atoms with Gasteiger partial charge in [0.1, 0.15) is 0 Å². The Morgan fingerprint density at radius 3 is 2.30 bits per heavy atom. The van der Waals surface area contributed by atoms with Crippen LogP contribution in [0, 0.1) is 5.92 Å². The first kappa shape index (κ1) is 20.4. The van der Waals surface area contributed by atoms with E-state index in [1.54, 1.807) is 35.2 Å². The molecule has 1 saturated heterocycles. The molecule has 158 valence electrons. The third-order valence-electron chi connectivity index (χ3n) is 5.44. The van der Waals surface area contributed by atoms with Crippen LogP contribution in [0.2, 0.25) is 0 Å². The lowest BCUT2D eigenvalue weighted by molar-refractivity contribution is -0.126. The molecule has 1 aliphatic carbocycles. The topological polar surface area (TPSA) is 95.6 Å². The summed E-state index contributed by atoms with van der Waals surface area (Å²) in [5.41, 5.74) is 0.887. The zero-order valence-electron chi connectivity index (χ0n) is 16.6. The Labute approximate surface area is 176 Å². The Bertz CT molecular complexity index is 1020. The number of rotatable bonds is 6. The van der Waals surface area contributed by atoms with Gasteiger partial charge in [0.25, 0.3) is 15.9 Å². The monoisotopic (exact) mass is 427 g/mol. The molecule has 4 rings (SSSR count). The van der Waals surface area contributed by atoms with Gasteiger partial charge in [0.2, 0.25) is 5.91 Å². The highest BCUT2D eigenvalue weighted by atomic mass is 32.2. The number of nitrogens with zero attached hydrogens (tertiary/aromatic N) is 1. The number of carbonyl (C=O) groups excluding carboxylic acids is 2. The lowest BCUT2D eigenvalue weighted by Gasteiger charge is -2.32. The third-order valence-corrected chi connectivity index (χ3v) is 6.84. The van der Waals surface area contributed by atoms with Crippen molar-refractivity contribution in [3.63, 3.8) is 0 Å². The second kappa shape index (κ2) is 8.47. The first-order chi connectivity index (χ1) is 14.4. The molecule has 2 amide bonds. The minimum Gasteiger partial charge on any atom is -0.353 e. The van der Waals surface area contributed by atoms with E-state index in [0.29, 0.717) is 30.4 Å². The van der Waals surface area contributed by atoms with Crippen LogP contribution in [-0.2, 0) is 14.8 Å². The maximum Gasteiger partial charge on any atom is 0.261 e. The SMILES string of the molecule is O=C(NC1CC1)C1CCCN(C(=O)c2ccc(S(=O)(=O)Nc3ccccc3)cc2)C1. The van der Waals surface area contributed by atoms with Crippen molar-refractivity contribution < 1.29 is 18.0 Å². The summed E-state index contributed by atoms with van der Waals surface area (Å²) in [5, 5.41) is 3.02. The van der Waals surface area contributed by atoms with E-state index in [-0.39, 0.29) is 22.6 Å². The largest absolute Gasteiger partial charge is 0.353 e. The average Bonchev–Trinajstić information content (AvgIpc) is 3.58. The summed E-state index contributed by atoms with van der Waals surface area (Å²) in [6, 6.07) is 14.8. The maximum absolute atomic E-state index is 12.9. The van der Waals surface area contributed by atoms with Gasteiger partial charge in [0.15, 0.2) is 0 Å². The van der Waals surface area contributed by atoms with Crippen molar-refractivity contribution in [1.82, 2.24) is 10.2 Å². The maximum atomic E-state index is 12.9. The summed E-state index contributed by atoms with van der Waals surface area (Å²) in [4.78, 5) is 27.0. The number of anilines is 1. The number of hydrogen-bond acceptors (Lipinski definition) is 4. The number of piperidine rings is 1. The number of likely N-dealkylation sites (tertiary alicyclic amines) is 1. The van der Waals surface area contributed by atoms with E-state index >= 15 is 0 Å². The van der Waals surface area contributed by atoms with E-state index in [1.165, 1.54) is 24.3 Å². The van der Waals surface area contributed by atoms with Crippen LogP contribution in [0.4, 0.5) is 5.69 Å². The van der Waals surface area contributed by atoms with Crippen LogP contribution in [0.5, 0.6) is 0 Å². The molecule has 1 heterocycles. The molecule has 2 aromatic rings. The average molecular weight is 428 g/mol. The van der Waals surface area contributed by atoms with Crippen molar-refractivity contribution in [2.24, 2.45) is 5.92 Å². The molecule has 0 bridgehead atoms. The second-order valence-corrected chi connectivity index (χ2v) is 9.55. The summed E-state index contributed by atoms with van der Waals surface area (Å²) in [6.07, 6.45) is 3.64. The first-order valence-electron chi connectivity index (χ1n) is 10.2. The van der Waals surface area contributed by atoms with Crippen molar-refractivity contribution in [2.45, 2.75) is 36.6 Å². The van der Waals surface area contributed by atoms with E-state index < -0.39 is 10.0 Å². The molecule has 1 saturated carbocycles. The van der Waals surface area contributed by atoms with Crippen molar-refractivity contribution in [2.75, 3.05) is 17.8 Å². The van der Waals surface area contributed by atoms with Crippen LogP contribution in [-0.4, -0.2) is 44.3 Å². The molecular weight excluding hydrogens is 402 g/mol. The van der Waals surface area contributed by atoms with Crippen LogP contribution in [0.3, 0.4) is 0 Å². The van der Waals surface area contributed by atoms with Gasteiger partial charge >= 0.3 is 0 Å². The van der Waals surface area contributed by atoms with Crippen molar-refractivity contribution in [1.29, 1.82) is 0 Å². The fourth-order valence-corrected chi connectivity index (χ4v) is 4.66. The van der Waals surface area contributed by atoms with Gasteiger partial charge in [-0.2, -0.15) is 0 Å². The van der Waals surface area contributed by atoms with Crippen LogP contribution in [0.1, 0.15) is 36.0 Å². The van der Waals surface area contributed by atoms with Gasteiger partial charge in [-0.3, -0.25) is 14.3 Å². The summed E-state index contributed by atoms with van der Waals surface area (Å²) >= 11 is 0. The Morgan fingerprint density at radius 1 is 0.933 bits per heavy atom. The molecule has 0 aromatic heterocycles. The molecule has 2 N–H and O–H groups in total. The predicted octanol–water partition coefficient (Wildman–Crippen LogP) is 2.62. The molecule has 1 atom stereocenters. The smallest absolute Gasteiger partial charge is 0.261 e. The molecule has 7 nitrogen and oxygen atoms in total. The molecule has 0 spiro atoms. The molecule has 0 radical (unpaired) electrons. The molecule has 8 heteroatoms. The quantitative estimate of drug-likeness (QED) is 0.741. The predicted molar refractivity (Wildman–Crippen MR) is 113 cm³/mol. The molecule has 2 aromatic carbocycles. The van der Waals surface area contributed by atoms with Gasteiger partial charge in [-0.15, -0.1) is 0 Å². The molecule has 1 aliphatic heterocycles. The Balaban J connectivity index is 1.41. The number of para-hydroxylation sites is 1. The number of hydrogen-bond donors (Lipinski definition) is 2. The minimum absolute atomic E-state index is 0.0310. The fraction of sp³-hybridized carbons (Fsp3) is 0.364. The number of benzene rings is 2. The first-order valence-corrected chi connectivity index (χ1v) is 11.7. The van der Waals surface area contributed by atoms with E-state index in [9.17, 15) is 18.0 Å². The van der Waals surface area contributed by atoms with E-state index in [2.05, 4.69) is 10.0 Å². The van der Waals surface area contributed by atoms with Crippen LogP contribution in [0.15, 0.2) is 59.5 Å². The number of carbonyl (C=O) groups is 2. The fourth-order valence-electron chi connectivity index (χ4n) is 3.60. The molecule has 30 heavy (non-hydrogen) atoms. The second-order valence-electron chi connectivity index (χ2n) is 7.87. The minimum atomic E-state index is -3.73. The zero-order chi connectivity index (χ0) is 21.1. The lowest BCUT2D eigenvalue weighted by atomic mass is 9.96.